The highest BCUT2D eigenvalue weighted by molar-refractivity contribution is 6.32. The number of carbonyl (C=O) groups is 7. The van der Waals surface area contributed by atoms with Crippen molar-refractivity contribution in [3.63, 3.8) is 0 Å². The quantitative estimate of drug-likeness (QED) is 0.0875. The molecule has 9 N–H and O–H groups in total. The van der Waals surface area contributed by atoms with Crippen molar-refractivity contribution in [1.29, 1.82) is 0 Å². The van der Waals surface area contributed by atoms with Crippen LogP contribution in [0.3, 0.4) is 0 Å². The van der Waals surface area contributed by atoms with E-state index in [4.69, 9.17) is 21.1 Å². The van der Waals surface area contributed by atoms with Crippen LogP contribution >= 0.6 is 0 Å². The molecule has 0 aromatic rings. The van der Waals surface area contributed by atoms with E-state index in [9.17, 15) is 38.7 Å². The van der Waals surface area contributed by atoms with Crippen molar-refractivity contribution in [2.75, 3.05) is 19.6 Å². The topological polar surface area (TPSA) is 263 Å². The maximum atomic E-state index is 11.8. The van der Waals surface area contributed by atoms with Crippen molar-refractivity contribution in [2.45, 2.75) is 37.3 Å². The molecule has 0 bridgehead atoms. The van der Waals surface area contributed by atoms with E-state index in [2.05, 4.69) is 10.6 Å². The van der Waals surface area contributed by atoms with E-state index in [1.165, 1.54) is 0 Å². The Bertz CT molecular complexity index is 739. The summed E-state index contributed by atoms with van der Waals surface area (Å²) in [6.07, 6.45) is -2.94. The molecule has 0 aromatic heterocycles. The fraction of sp³-hybridized carbons (Fsp3) is 0.562. The van der Waals surface area contributed by atoms with Crippen LogP contribution < -0.4 is 21.7 Å². The van der Waals surface area contributed by atoms with Crippen LogP contribution in [-0.4, -0.2) is 93.1 Å². The Morgan fingerprint density at radius 2 is 1.26 bits per heavy atom. The molecule has 0 heterocycles. The molecule has 174 valence electrons. The first kappa shape index (κ1) is 27.4. The van der Waals surface area contributed by atoms with Gasteiger partial charge in [0.15, 0.2) is 5.60 Å². The predicted octanol–water partition coefficient (Wildman–Crippen LogP) is -4.22. The van der Waals surface area contributed by atoms with Crippen molar-refractivity contribution >= 4 is 41.4 Å². The van der Waals surface area contributed by atoms with Crippen LogP contribution in [0.2, 0.25) is 0 Å². The number of ketones is 1. The van der Waals surface area contributed by atoms with E-state index < -0.39 is 78.9 Å². The normalized spacial score (nSPS) is 13.2. The maximum Gasteiger partial charge on any atom is 0.372 e. The Morgan fingerprint density at radius 3 is 1.71 bits per heavy atom. The Hall–Kier alpha value is -3.59. The van der Waals surface area contributed by atoms with Crippen LogP contribution in [0.5, 0.6) is 0 Å². The van der Waals surface area contributed by atoms with Crippen LogP contribution in [0, 0.1) is 0 Å². The molecule has 0 aromatic carbocycles. The summed E-state index contributed by atoms with van der Waals surface area (Å²) in [6.45, 7) is -0.842. The monoisotopic (exact) mass is 448 g/mol. The first-order valence-electron chi connectivity index (χ1n) is 8.79. The standard InChI is InChI=1S/C16H24N4O11/c17-8(13(25)26)7-20-12(24)6-16(31,15(29)30)5-11(23)19-4-3-18-10(22)2-1-9(21)14(27)28/h8,31H,1-7,17H2,(H,18,22)(H,19,23)(H,20,24)(H,25,26)(H,27,28)(H,29,30)/t8-,16?/m0/s1. The number of Topliss-reactive ketones (excluding diaryl/α,β-unsaturated/α-hetero) is 1. The molecule has 15 heteroatoms. The van der Waals surface area contributed by atoms with Crippen molar-refractivity contribution in [1.82, 2.24) is 16.0 Å². The zero-order valence-corrected chi connectivity index (χ0v) is 16.3. The molecule has 0 saturated carbocycles. The molecule has 0 aliphatic carbocycles. The van der Waals surface area contributed by atoms with Crippen molar-refractivity contribution in [3.05, 3.63) is 0 Å². The summed E-state index contributed by atoms with van der Waals surface area (Å²) < 4.78 is 0. The predicted molar refractivity (Wildman–Crippen MR) is 98.3 cm³/mol. The molecule has 0 spiro atoms. The van der Waals surface area contributed by atoms with E-state index >= 15 is 0 Å². The second kappa shape index (κ2) is 12.9. The Labute approximate surface area is 175 Å². The maximum absolute atomic E-state index is 11.8. The van der Waals surface area contributed by atoms with Crippen LogP contribution in [0.1, 0.15) is 25.7 Å². The molecule has 0 fully saturated rings. The van der Waals surface area contributed by atoms with E-state index in [1.807, 2.05) is 5.32 Å². The van der Waals surface area contributed by atoms with Gasteiger partial charge in [-0.05, 0) is 0 Å². The number of aliphatic carboxylic acids is 3. The van der Waals surface area contributed by atoms with Crippen molar-refractivity contribution in [3.8, 4) is 0 Å². The van der Waals surface area contributed by atoms with Crippen molar-refractivity contribution < 1.29 is 54.0 Å². The number of carbonyl (C=O) groups excluding carboxylic acids is 4. The lowest BCUT2D eigenvalue weighted by atomic mass is 9.94. The van der Waals surface area contributed by atoms with E-state index in [1.54, 1.807) is 0 Å². The van der Waals surface area contributed by atoms with Crippen LogP contribution in [0.4, 0.5) is 0 Å². The van der Waals surface area contributed by atoms with Crippen LogP contribution in [0.25, 0.3) is 0 Å². The Morgan fingerprint density at radius 1 is 0.774 bits per heavy atom. The third-order valence-corrected chi connectivity index (χ3v) is 3.73. The molecule has 15 nitrogen and oxygen atoms in total. The highest BCUT2D eigenvalue weighted by Crippen LogP contribution is 2.16. The molecule has 31 heavy (non-hydrogen) atoms. The Kier molecular flexibility index (Phi) is 11.4. The van der Waals surface area contributed by atoms with E-state index in [0.29, 0.717) is 0 Å². The number of nitrogens with one attached hydrogen (secondary N) is 3. The smallest absolute Gasteiger partial charge is 0.372 e. The summed E-state index contributed by atoms with van der Waals surface area (Å²) in [5, 5.41) is 42.7. The zero-order valence-electron chi connectivity index (χ0n) is 16.3. The lowest BCUT2D eigenvalue weighted by Crippen LogP contribution is -2.49. The van der Waals surface area contributed by atoms with Gasteiger partial charge in [0, 0.05) is 32.5 Å². The van der Waals surface area contributed by atoms with Gasteiger partial charge >= 0.3 is 17.9 Å². The van der Waals surface area contributed by atoms with Crippen LogP contribution in [-0.2, 0) is 33.6 Å². The average Bonchev–Trinajstić information content (AvgIpc) is 2.66. The zero-order chi connectivity index (χ0) is 24.2. The highest BCUT2D eigenvalue weighted by atomic mass is 16.4. The highest BCUT2D eigenvalue weighted by Gasteiger charge is 2.40. The number of carboxylic acid groups (broad SMARTS) is 3. The van der Waals surface area contributed by atoms with E-state index in [0.717, 1.165) is 0 Å². The summed E-state index contributed by atoms with van der Waals surface area (Å²) in [6, 6.07) is -1.44. The molecule has 1 unspecified atom stereocenters. The minimum absolute atomic E-state index is 0.134. The number of nitrogens with two attached hydrogens (primary N) is 1. The van der Waals surface area contributed by atoms with Crippen LogP contribution in [0.15, 0.2) is 0 Å². The molecule has 0 rings (SSSR count). The summed E-state index contributed by atoms with van der Waals surface area (Å²) in [5.74, 6) is -8.73. The van der Waals surface area contributed by atoms with Gasteiger partial charge in [-0.25, -0.2) is 9.59 Å². The average molecular weight is 448 g/mol. The SMILES string of the molecule is N[C@@H](CNC(=O)CC(O)(CC(=O)NCCNC(=O)CCC(=O)C(=O)O)C(=O)O)C(=O)O. The lowest BCUT2D eigenvalue weighted by Gasteiger charge is -2.22. The molecule has 2 atom stereocenters. The fourth-order valence-electron chi connectivity index (χ4n) is 2.01. The summed E-state index contributed by atoms with van der Waals surface area (Å²) in [4.78, 5) is 78.1. The number of hydrogen-bond acceptors (Lipinski definition) is 9. The second-order valence-corrected chi connectivity index (χ2v) is 6.37. The first-order chi connectivity index (χ1) is 14.3. The lowest BCUT2D eigenvalue weighted by molar-refractivity contribution is -0.164. The molecular formula is C16H24N4O11. The summed E-state index contributed by atoms with van der Waals surface area (Å²) in [5.41, 5.74) is 2.40. The largest absolute Gasteiger partial charge is 0.480 e. The van der Waals surface area contributed by atoms with Gasteiger partial charge < -0.3 is 42.1 Å². The number of aliphatic hydroxyl groups is 1. The molecular weight excluding hydrogens is 424 g/mol. The molecule has 3 amide bonds. The molecule has 0 radical (unpaired) electrons. The van der Waals surface area contributed by atoms with Gasteiger partial charge in [0.25, 0.3) is 0 Å². The van der Waals surface area contributed by atoms with Gasteiger partial charge in [0.2, 0.25) is 23.5 Å². The third kappa shape index (κ3) is 11.2. The summed E-state index contributed by atoms with van der Waals surface area (Å²) in [7, 11) is 0. The minimum atomic E-state index is -2.78. The van der Waals surface area contributed by atoms with Gasteiger partial charge in [-0.1, -0.05) is 0 Å². The fourth-order valence-corrected chi connectivity index (χ4v) is 2.01. The second-order valence-electron chi connectivity index (χ2n) is 6.37. The first-order valence-corrected chi connectivity index (χ1v) is 8.79. The number of rotatable bonds is 15. The number of hydrogen-bond donors (Lipinski definition) is 8. The molecule has 0 saturated heterocycles. The molecule has 0 aliphatic rings. The molecule has 0 aliphatic heterocycles. The number of carboxylic acids is 3. The number of amides is 3. The van der Waals surface area contributed by atoms with Gasteiger partial charge in [0.1, 0.15) is 6.04 Å². The van der Waals surface area contributed by atoms with Crippen molar-refractivity contribution in [2.24, 2.45) is 5.73 Å². The third-order valence-electron chi connectivity index (χ3n) is 3.73. The van der Waals surface area contributed by atoms with Gasteiger partial charge in [-0.15, -0.1) is 0 Å². The van der Waals surface area contributed by atoms with E-state index in [-0.39, 0.29) is 19.5 Å². The summed E-state index contributed by atoms with van der Waals surface area (Å²) >= 11 is 0. The minimum Gasteiger partial charge on any atom is -0.480 e. The van der Waals surface area contributed by atoms with Gasteiger partial charge in [-0.3, -0.25) is 24.0 Å². The van der Waals surface area contributed by atoms with Gasteiger partial charge in [-0.2, -0.15) is 0 Å². The Balaban J connectivity index is 4.43. The van der Waals surface area contributed by atoms with Gasteiger partial charge in [0.05, 0.1) is 12.8 Å².